The standard InChI is InChI=1S/C13H14N6O/c1-18(10-4-2-9(8-14)3-5-10)12-7-6-11-15-16-13(20)19(11)17-12/h2-7H,8,14H2,1H3,(H,16,20). The Morgan fingerprint density at radius 1 is 1.25 bits per heavy atom. The van der Waals surface area contributed by atoms with E-state index in [9.17, 15) is 4.79 Å². The molecule has 0 spiro atoms. The van der Waals surface area contributed by atoms with E-state index < -0.39 is 0 Å². The summed E-state index contributed by atoms with van der Waals surface area (Å²) in [6.07, 6.45) is 0. The summed E-state index contributed by atoms with van der Waals surface area (Å²) in [5.74, 6) is 0.654. The van der Waals surface area contributed by atoms with Gasteiger partial charge in [-0.05, 0) is 29.8 Å². The van der Waals surface area contributed by atoms with Crippen LogP contribution in [0.1, 0.15) is 5.56 Å². The van der Waals surface area contributed by atoms with E-state index in [2.05, 4.69) is 15.3 Å². The molecule has 0 fully saturated rings. The number of benzene rings is 1. The molecule has 0 aliphatic carbocycles. The van der Waals surface area contributed by atoms with Gasteiger partial charge in [-0.3, -0.25) is 0 Å². The highest BCUT2D eigenvalue weighted by Gasteiger charge is 2.08. The first-order chi connectivity index (χ1) is 9.69. The number of hydrogen-bond acceptors (Lipinski definition) is 5. The lowest BCUT2D eigenvalue weighted by molar-refractivity contribution is 0.867. The fraction of sp³-hybridized carbons (Fsp3) is 0.154. The molecule has 0 unspecified atom stereocenters. The van der Waals surface area contributed by atoms with Gasteiger partial charge in [-0.1, -0.05) is 12.1 Å². The van der Waals surface area contributed by atoms with Crippen LogP contribution in [-0.2, 0) is 6.54 Å². The SMILES string of the molecule is CN(c1ccc(CN)cc1)c1ccc2n[nH]c(=O)n2n1. The van der Waals surface area contributed by atoms with Crippen LogP contribution in [0.3, 0.4) is 0 Å². The summed E-state index contributed by atoms with van der Waals surface area (Å²) >= 11 is 0. The second-order valence-electron chi connectivity index (χ2n) is 4.42. The van der Waals surface area contributed by atoms with Crippen molar-refractivity contribution in [2.24, 2.45) is 5.73 Å². The van der Waals surface area contributed by atoms with Gasteiger partial charge in [0.05, 0.1) is 0 Å². The van der Waals surface area contributed by atoms with Crippen molar-refractivity contribution in [1.29, 1.82) is 0 Å². The van der Waals surface area contributed by atoms with E-state index in [0.717, 1.165) is 11.3 Å². The number of rotatable bonds is 3. The lowest BCUT2D eigenvalue weighted by Crippen LogP contribution is -2.17. The van der Waals surface area contributed by atoms with Crippen molar-refractivity contribution in [3.8, 4) is 0 Å². The highest BCUT2D eigenvalue weighted by molar-refractivity contribution is 5.60. The van der Waals surface area contributed by atoms with Crippen LogP contribution in [0.5, 0.6) is 0 Å². The molecule has 102 valence electrons. The monoisotopic (exact) mass is 270 g/mol. The van der Waals surface area contributed by atoms with Crippen LogP contribution >= 0.6 is 0 Å². The van der Waals surface area contributed by atoms with Crippen molar-refractivity contribution >= 4 is 17.2 Å². The molecule has 0 bridgehead atoms. The van der Waals surface area contributed by atoms with Crippen LogP contribution < -0.4 is 16.3 Å². The van der Waals surface area contributed by atoms with Gasteiger partial charge in [0, 0.05) is 19.3 Å². The smallest absolute Gasteiger partial charge is 0.328 e. The number of H-pyrrole nitrogens is 1. The van der Waals surface area contributed by atoms with Crippen LogP contribution in [0, 0.1) is 0 Å². The van der Waals surface area contributed by atoms with Gasteiger partial charge in [-0.25, -0.2) is 9.89 Å². The summed E-state index contributed by atoms with van der Waals surface area (Å²) in [6.45, 7) is 0.513. The predicted octanol–water partition coefficient (Wildman–Crippen LogP) is 0.644. The number of nitrogens with two attached hydrogens (primary N) is 1. The number of anilines is 2. The van der Waals surface area contributed by atoms with Crippen LogP contribution in [-0.4, -0.2) is 26.9 Å². The third-order valence-corrected chi connectivity index (χ3v) is 3.16. The zero-order chi connectivity index (χ0) is 14.1. The van der Waals surface area contributed by atoms with Crippen molar-refractivity contribution in [1.82, 2.24) is 19.8 Å². The molecule has 0 aliphatic rings. The lowest BCUT2D eigenvalue weighted by Gasteiger charge is -2.18. The molecule has 1 aromatic carbocycles. The lowest BCUT2D eigenvalue weighted by atomic mass is 10.2. The minimum absolute atomic E-state index is 0.353. The van der Waals surface area contributed by atoms with Crippen molar-refractivity contribution in [2.75, 3.05) is 11.9 Å². The fourth-order valence-electron chi connectivity index (χ4n) is 1.96. The molecule has 0 saturated heterocycles. The fourth-order valence-corrected chi connectivity index (χ4v) is 1.96. The number of aromatic amines is 1. The highest BCUT2D eigenvalue weighted by atomic mass is 16.2. The van der Waals surface area contributed by atoms with E-state index >= 15 is 0 Å². The van der Waals surface area contributed by atoms with E-state index in [0.29, 0.717) is 18.0 Å². The van der Waals surface area contributed by atoms with Gasteiger partial charge in [-0.15, -0.1) is 5.10 Å². The molecule has 0 radical (unpaired) electrons. The third-order valence-electron chi connectivity index (χ3n) is 3.16. The van der Waals surface area contributed by atoms with Gasteiger partial charge < -0.3 is 10.6 Å². The van der Waals surface area contributed by atoms with E-state index in [-0.39, 0.29) is 5.69 Å². The second-order valence-corrected chi connectivity index (χ2v) is 4.42. The summed E-state index contributed by atoms with van der Waals surface area (Å²) < 4.78 is 1.24. The van der Waals surface area contributed by atoms with Crippen molar-refractivity contribution in [3.63, 3.8) is 0 Å². The van der Waals surface area contributed by atoms with Gasteiger partial charge in [-0.2, -0.15) is 9.61 Å². The zero-order valence-electron chi connectivity index (χ0n) is 10.9. The molecule has 20 heavy (non-hydrogen) atoms. The molecule has 3 rings (SSSR count). The quantitative estimate of drug-likeness (QED) is 0.728. The molecule has 0 atom stereocenters. The molecule has 0 aliphatic heterocycles. The first kappa shape index (κ1) is 12.4. The van der Waals surface area contributed by atoms with E-state index in [1.165, 1.54) is 4.52 Å². The van der Waals surface area contributed by atoms with E-state index in [1.54, 1.807) is 6.07 Å². The largest absolute Gasteiger partial charge is 0.364 e. The maximum Gasteiger partial charge on any atom is 0.364 e. The van der Waals surface area contributed by atoms with Gasteiger partial charge in [0.1, 0.15) is 0 Å². The molecule has 2 heterocycles. The summed E-state index contributed by atoms with van der Waals surface area (Å²) in [7, 11) is 1.89. The number of nitrogens with one attached hydrogen (secondary N) is 1. The van der Waals surface area contributed by atoms with Crippen molar-refractivity contribution in [2.45, 2.75) is 6.54 Å². The molecule has 7 heteroatoms. The van der Waals surface area contributed by atoms with Crippen LogP contribution in [0.4, 0.5) is 11.5 Å². The molecule has 3 aromatic rings. The van der Waals surface area contributed by atoms with Crippen LogP contribution in [0.25, 0.3) is 5.65 Å². The van der Waals surface area contributed by atoms with Gasteiger partial charge >= 0.3 is 5.69 Å². The molecule has 2 aromatic heterocycles. The van der Waals surface area contributed by atoms with E-state index in [4.69, 9.17) is 5.73 Å². The Morgan fingerprint density at radius 3 is 2.70 bits per heavy atom. The Kier molecular flexibility index (Phi) is 2.96. The Labute approximate surface area is 114 Å². The maximum atomic E-state index is 11.5. The average molecular weight is 270 g/mol. The minimum atomic E-state index is -0.353. The van der Waals surface area contributed by atoms with Gasteiger partial charge in [0.15, 0.2) is 11.5 Å². The highest BCUT2D eigenvalue weighted by Crippen LogP contribution is 2.21. The zero-order valence-corrected chi connectivity index (χ0v) is 10.9. The Bertz CT molecular complexity index is 788. The van der Waals surface area contributed by atoms with Crippen LogP contribution in [0.2, 0.25) is 0 Å². The first-order valence-corrected chi connectivity index (χ1v) is 6.16. The number of aromatic nitrogens is 4. The normalized spacial score (nSPS) is 10.9. The van der Waals surface area contributed by atoms with Crippen LogP contribution in [0.15, 0.2) is 41.2 Å². The van der Waals surface area contributed by atoms with Crippen molar-refractivity contribution in [3.05, 3.63) is 52.4 Å². The molecule has 3 N–H and O–H groups in total. The molecular weight excluding hydrogens is 256 g/mol. The molecular formula is C13H14N6O. The Hall–Kier alpha value is -2.67. The number of fused-ring (bicyclic) bond motifs is 1. The Morgan fingerprint density at radius 2 is 2.00 bits per heavy atom. The molecule has 0 amide bonds. The summed E-state index contributed by atoms with van der Waals surface area (Å²) in [5.41, 5.74) is 7.75. The topological polar surface area (TPSA) is 92.3 Å². The number of hydrogen-bond donors (Lipinski definition) is 2. The van der Waals surface area contributed by atoms with Crippen molar-refractivity contribution < 1.29 is 0 Å². The van der Waals surface area contributed by atoms with Gasteiger partial charge in [0.2, 0.25) is 0 Å². The predicted molar refractivity (Wildman–Crippen MR) is 76.0 cm³/mol. The maximum absolute atomic E-state index is 11.5. The van der Waals surface area contributed by atoms with Gasteiger partial charge in [0.25, 0.3) is 0 Å². The second kappa shape index (κ2) is 4.78. The first-order valence-electron chi connectivity index (χ1n) is 6.16. The molecule has 0 saturated carbocycles. The minimum Gasteiger partial charge on any atom is -0.328 e. The Balaban J connectivity index is 2.00. The summed E-state index contributed by atoms with van der Waals surface area (Å²) in [4.78, 5) is 13.4. The average Bonchev–Trinajstić information content (AvgIpc) is 2.87. The third kappa shape index (κ3) is 2.04. The number of nitrogens with zero attached hydrogens (tertiary/aromatic N) is 4. The summed E-state index contributed by atoms with van der Waals surface area (Å²) in [5, 5.41) is 10.5. The summed E-state index contributed by atoms with van der Waals surface area (Å²) in [6, 6.07) is 11.4. The van der Waals surface area contributed by atoms with E-state index in [1.807, 2.05) is 42.3 Å². The molecule has 7 nitrogen and oxygen atoms in total.